The molecule has 0 aliphatic carbocycles. The Morgan fingerprint density at radius 3 is 2.64 bits per heavy atom. The Morgan fingerprint density at radius 2 is 2.00 bits per heavy atom. The van der Waals surface area contributed by atoms with Gasteiger partial charge in [0.15, 0.2) is 6.29 Å². The first-order chi connectivity index (χ1) is 10.6. The summed E-state index contributed by atoms with van der Waals surface area (Å²) in [5, 5.41) is 0.731. The second kappa shape index (κ2) is 5.81. The first-order valence-electron chi connectivity index (χ1n) is 6.83. The second-order valence-electron chi connectivity index (χ2n) is 4.80. The SMILES string of the molecule is CCOc1ccc(-c2[nH]c3c(F)cc(Cl)cc3c2C=O)cc1. The highest BCUT2D eigenvalue weighted by Gasteiger charge is 2.16. The topological polar surface area (TPSA) is 42.1 Å². The maximum absolute atomic E-state index is 14.0. The van der Waals surface area contributed by atoms with E-state index in [9.17, 15) is 9.18 Å². The molecule has 0 saturated carbocycles. The number of ether oxygens (including phenoxy) is 1. The van der Waals surface area contributed by atoms with Crippen LogP contribution in [0.4, 0.5) is 4.39 Å². The molecule has 3 rings (SSSR count). The second-order valence-corrected chi connectivity index (χ2v) is 5.24. The van der Waals surface area contributed by atoms with Gasteiger partial charge in [0.2, 0.25) is 0 Å². The summed E-state index contributed by atoms with van der Waals surface area (Å²) >= 11 is 5.88. The minimum atomic E-state index is -0.484. The molecule has 0 unspecified atom stereocenters. The van der Waals surface area contributed by atoms with E-state index in [1.807, 2.05) is 31.2 Å². The van der Waals surface area contributed by atoms with Crippen molar-refractivity contribution in [3.63, 3.8) is 0 Å². The lowest BCUT2D eigenvalue weighted by atomic mass is 10.1. The number of carbonyl (C=O) groups is 1. The van der Waals surface area contributed by atoms with E-state index in [1.54, 1.807) is 6.07 Å². The van der Waals surface area contributed by atoms with Crippen molar-refractivity contribution in [3.8, 4) is 17.0 Å². The number of nitrogens with one attached hydrogen (secondary N) is 1. The van der Waals surface area contributed by atoms with E-state index < -0.39 is 5.82 Å². The van der Waals surface area contributed by atoms with Crippen LogP contribution >= 0.6 is 11.6 Å². The fraction of sp³-hybridized carbons (Fsp3) is 0.118. The summed E-state index contributed by atoms with van der Waals surface area (Å²) in [6.07, 6.45) is 0.709. The Balaban J connectivity index is 2.18. The van der Waals surface area contributed by atoms with Gasteiger partial charge < -0.3 is 9.72 Å². The molecule has 0 spiro atoms. The van der Waals surface area contributed by atoms with Gasteiger partial charge in [0.05, 0.1) is 17.8 Å². The fourth-order valence-corrected chi connectivity index (χ4v) is 2.68. The Labute approximate surface area is 131 Å². The van der Waals surface area contributed by atoms with Gasteiger partial charge in [-0.3, -0.25) is 4.79 Å². The van der Waals surface area contributed by atoms with E-state index in [0.717, 1.165) is 11.3 Å². The third-order valence-corrected chi connectivity index (χ3v) is 3.65. The molecule has 3 aromatic rings. The van der Waals surface area contributed by atoms with Crippen LogP contribution in [0.5, 0.6) is 5.75 Å². The molecule has 5 heteroatoms. The highest BCUT2D eigenvalue weighted by Crippen LogP contribution is 2.33. The normalized spacial score (nSPS) is 10.9. The van der Waals surface area contributed by atoms with Crippen molar-refractivity contribution in [1.29, 1.82) is 0 Å². The van der Waals surface area contributed by atoms with Crippen molar-refractivity contribution in [2.24, 2.45) is 0 Å². The van der Waals surface area contributed by atoms with Crippen LogP contribution in [0.1, 0.15) is 17.3 Å². The minimum Gasteiger partial charge on any atom is -0.494 e. The molecule has 0 aliphatic rings. The number of aromatic nitrogens is 1. The van der Waals surface area contributed by atoms with Gasteiger partial charge in [0.1, 0.15) is 11.6 Å². The zero-order valence-corrected chi connectivity index (χ0v) is 12.6. The monoisotopic (exact) mass is 317 g/mol. The van der Waals surface area contributed by atoms with E-state index in [2.05, 4.69) is 4.98 Å². The summed E-state index contributed by atoms with van der Waals surface area (Å²) in [5.74, 6) is 0.257. The largest absolute Gasteiger partial charge is 0.494 e. The first-order valence-corrected chi connectivity index (χ1v) is 7.21. The quantitative estimate of drug-likeness (QED) is 0.700. The zero-order valence-electron chi connectivity index (χ0n) is 11.8. The third-order valence-electron chi connectivity index (χ3n) is 3.44. The lowest BCUT2D eigenvalue weighted by Crippen LogP contribution is -1.91. The van der Waals surface area contributed by atoms with Crippen molar-refractivity contribution >= 4 is 28.8 Å². The molecule has 1 heterocycles. The Kier molecular flexibility index (Phi) is 3.86. The molecule has 1 N–H and O–H groups in total. The molecule has 1 aromatic heterocycles. The van der Waals surface area contributed by atoms with Crippen molar-refractivity contribution in [1.82, 2.24) is 4.98 Å². The fourth-order valence-electron chi connectivity index (χ4n) is 2.47. The molecule has 0 saturated heterocycles. The lowest BCUT2D eigenvalue weighted by molar-refractivity contribution is 0.112. The molecular weight excluding hydrogens is 305 g/mol. The van der Waals surface area contributed by atoms with Crippen LogP contribution in [0.15, 0.2) is 36.4 Å². The van der Waals surface area contributed by atoms with E-state index in [-0.39, 0.29) is 10.5 Å². The van der Waals surface area contributed by atoms with Gasteiger partial charge in [-0.15, -0.1) is 0 Å². The van der Waals surface area contributed by atoms with Crippen LogP contribution in [0.3, 0.4) is 0 Å². The van der Waals surface area contributed by atoms with Crippen molar-refractivity contribution in [2.75, 3.05) is 6.61 Å². The van der Waals surface area contributed by atoms with Crippen LogP contribution in [-0.4, -0.2) is 17.9 Å². The molecule has 22 heavy (non-hydrogen) atoms. The summed E-state index contributed by atoms with van der Waals surface area (Å²) in [4.78, 5) is 14.4. The number of fused-ring (bicyclic) bond motifs is 1. The van der Waals surface area contributed by atoms with E-state index >= 15 is 0 Å². The van der Waals surface area contributed by atoms with E-state index in [0.29, 0.717) is 29.5 Å². The van der Waals surface area contributed by atoms with Crippen molar-refractivity contribution in [2.45, 2.75) is 6.92 Å². The lowest BCUT2D eigenvalue weighted by Gasteiger charge is -2.04. The van der Waals surface area contributed by atoms with Crippen LogP contribution in [0.2, 0.25) is 5.02 Å². The van der Waals surface area contributed by atoms with Gasteiger partial charge in [0, 0.05) is 16.0 Å². The van der Waals surface area contributed by atoms with Gasteiger partial charge >= 0.3 is 0 Å². The van der Waals surface area contributed by atoms with Crippen LogP contribution < -0.4 is 4.74 Å². The summed E-state index contributed by atoms with van der Waals surface area (Å²) in [6.45, 7) is 2.48. The average Bonchev–Trinajstić information content (AvgIpc) is 2.87. The number of aldehydes is 1. The Bertz CT molecular complexity index is 840. The smallest absolute Gasteiger partial charge is 0.152 e. The Hall–Kier alpha value is -2.33. The molecule has 112 valence electrons. The van der Waals surface area contributed by atoms with Crippen molar-refractivity contribution in [3.05, 3.63) is 52.8 Å². The van der Waals surface area contributed by atoms with Crippen LogP contribution in [0.25, 0.3) is 22.2 Å². The Morgan fingerprint density at radius 1 is 1.27 bits per heavy atom. The number of aromatic amines is 1. The predicted molar refractivity (Wildman–Crippen MR) is 85.3 cm³/mol. The number of benzene rings is 2. The number of halogens is 2. The van der Waals surface area contributed by atoms with E-state index in [1.165, 1.54) is 6.07 Å². The highest BCUT2D eigenvalue weighted by atomic mass is 35.5. The number of hydrogen-bond acceptors (Lipinski definition) is 2. The average molecular weight is 318 g/mol. The number of carbonyl (C=O) groups excluding carboxylic acids is 1. The summed E-state index contributed by atoms with van der Waals surface area (Å²) in [5.41, 5.74) is 2.00. The molecule has 0 bridgehead atoms. The summed E-state index contributed by atoms with van der Waals surface area (Å²) in [7, 11) is 0. The van der Waals surface area contributed by atoms with Crippen molar-refractivity contribution < 1.29 is 13.9 Å². The molecule has 0 radical (unpaired) electrons. The maximum atomic E-state index is 14.0. The van der Waals surface area contributed by atoms with Gasteiger partial charge in [-0.1, -0.05) is 11.6 Å². The number of hydrogen-bond donors (Lipinski definition) is 1. The summed E-state index contributed by atoms with van der Waals surface area (Å²) < 4.78 is 19.4. The molecular formula is C17H13ClFNO2. The van der Waals surface area contributed by atoms with E-state index in [4.69, 9.17) is 16.3 Å². The molecule has 0 atom stereocenters. The number of H-pyrrole nitrogens is 1. The molecule has 0 amide bonds. The van der Waals surface area contributed by atoms with Crippen LogP contribution in [0, 0.1) is 5.82 Å². The maximum Gasteiger partial charge on any atom is 0.152 e. The van der Waals surface area contributed by atoms with Crippen LogP contribution in [-0.2, 0) is 0 Å². The van der Waals surface area contributed by atoms with Gasteiger partial charge in [-0.2, -0.15) is 0 Å². The molecule has 0 aliphatic heterocycles. The molecule has 3 nitrogen and oxygen atoms in total. The predicted octanol–water partition coefficient (Wildman–Crippen LogP) is 4.84. The molecule has 0 fully saturated rings. The first kappa shape index (κ1) is 14.6. The third kappa shape index (κ3) is 2.46. The highest BCUT2D eigenvalue weighted by molar-refractivity contribution is 6.31. The number of rotatable bonds is 4. The zero-order chi connectivity index (χ0) is 15.7. The minimum absolute atomic E-state index is 0.255. The van der Waals surface area contributed by atoms with Gasteiger partial charge in [-0.05, 0) is 48.9 Å². The summed E-state index contributed by atoms with van der Waals surface area (Å²) in [6, 6.07) is 10.1. The standard InChI is InChI=1S/C17H13ClFNO2/c1-2-22-12-5-3-10(4-6-12)16-14(9-21)13-7-11(18)8-15(19)17(13)20-16/h3-9,20H,2H2,1H3. The van der Waals surface area contributed by atoms with Gasteiger partial charge in [0.25, 0.3) is 0 Å². The molecule has 2 aromatic carbocycles. The van der Waals surface area contributed by atoms with Gasteiger partial charge in [-0.25, -0.2) is 4.39 Å².